The smallest absolute Gasteiger partial charge is 0.257 e. The number of amides is 1. The number of oxime groups is 1. The molecule has 3 rings (SSSR count). The van der Waals surface area contributed by atoms with Gasteiger partial charge in [-0.05, 0) is 62.3 Å². The van der Waals surface area contributed by atoms with Gasteiger partial charge in [0.25, 0.3) is 5.91 Å². The number of allylic oxidation sites excluding steroid dienone is 1. The quantitative estimate of drug-likeness (QED) is 0.167. The number of hydrogen-bond donors (Lipinski definition) is 0. The second-order valence-corrected chi connectivity index (χ2v) is 7.73. The number of carbonyl (C=O) groups excluding carboxylic acids is 1. The van der Waals surface area contributed by atoms with E-state index >= 15 is 0 Å². The number of methoxy groups -OCH3 is 1. The number of benzene rings is 2. The number of anilines is 1. The summed E-state index contributed by atoms with van der Waals surface area (Å²) in [5, 5.41) is 4.21. The summed E-state index contributed by atoms with van der Waals surface area (Å²) in [6.07, 6.45) is 2.76. The molecule has 0 spiro atoms. The van der Waals surface area contributed by atoms with Gasteiger partial charge in [0.05, 0.1) is 18.9 Å². The maximum Gasteiger partial charge on any atom is 0.257 e. The topological polar surface area (TPSA) is 54.4 Å². The maximum atomic E-state index is 13.1. The summed E-state index contributed by atoms with van der Waals surface area (Å²) >= 11 is 0. The van der Waals surface area contributed by atoms with Gasteiger partial charge in [-0.1, -0.05) is 49.3 Å². The van der Waals surface area contributed by atoms with E-state index in [1.807, 2.05) is 67.6 Å². The molecule has 1 heterocycles. The lowest BCUT2D eigenvalue weighted by Gasteiger charge is -2.43. The van der Waals surface area contributed by atoms with Crippen LogP contribution in [0.1, 0.15) is 38.8 Å². The van der Waals surface area contributed by atoms with Crippen LogP contribution in [-0.4, -0.2) is 49.9 Å². The van der Waals surface area contributed by atoms with Gasteiger partial charge in [0, 0.05) is 17.8 Å². The van der Waals surface area contributed by atoms with Gasteiger partial charge < -0.3 is 14.5 Å². The van der Waals surface area contributed by atoms with Crippen LogP contribution in [0.15, 0.2) is 71.4 Å². The number of hydrogen-bond acceptors (Lipinski definition) is 5. The first-order chi connectivity index (χ1) is 15.6. The molecule has 6 nitrogen and oxygen atoms in total. The van der Waals surface area contributed by atoms with Crippen LogP contribution in [0, 0.1) is 0 Å². The Hall–Kier alpha value is -3.12. The minimum atomic E-state index is -0.162. The lowest BCUT2D eigenvalue weighted by molar-refractivity contribution is -0.119. The summed E-state index contributed by atoms with van der Waals surface area (Å²) < 4.78 is 5.25. The van der Waals surface area contributed by atoms with Gasteiger partial charge >= 0.3 is 0 Å². The average molecular weight is 436 g/mol. The molecule has 1 saturated heterocycles. The van der Waals surface area contributed by atoms with Crippen molar-refractivity contribution >= 4 is 17.3 Å². The molecular formula is C26H33N3O3. The van der Waals surface area contributed by atoms with Gasteiger partial charge in [-0.2, -0.15) is 0 Å². The van der Waals surface area contributed by atoms with Crippen molar-refractivity contribution in [3.8, 4) is 5.75 Å². The first kappa shape index (κ1) is 23.5. The summed E-state index contributed by atoms with van der Waals surface area (Å²) in [7, 11) is 1.63. The fraction of sp³-hybridized carbons (Fsp3) is 0.385. The Labute approximate surface area is 191 Å². The van der Waals surface area contributed by atoms with Crippen molar-refractivity contribution in [2.75, 3.05) is 38.3 Å². The normalized spacial score (nSPS) is 17.6. The predicted octanol–water partition coefficient (Wildman–Crippen LogP) is 4.83. The number of β-lactam (4-membered cyclic amide) rings is 1. The fourth-order valence-corrected chi connectivity index (χ4v) is 3.85. The summed E-state index contributed by atoms with van der Waals surface area (Å²) in [5.74, 6) is 0.731. The van der Waals surface area contributed by atoms with E-state index in [0.29, 0.717) is 17.9 Å². The first-order valence-corrected chi connectivity index (χ1v) is 11.2. The molecule has 0 N–H and O–H groups in total. The standard InChI is InChI=1S/C26H33N3O3/c1-5-28(6-2)17-10-18-32-27-20(3)19-24-25(21-11-8-7-9-12-21)29(26(24)30)22-13-15-23(31-4)16-14-22/h7-9,11-16,19,25H,5-6,10,17-18H2,1-4H3/b24-19+,27-20+. The molecule has 1 atom stereocenters. The first-order valence-electron chi connectivity index (χ1n) is 11.2. The van der Waals surface area contributed by atoms with Crippen LogP contribution in [0.5, 0.6) is 5.75 Å². The van der Waals surface area contributed by atoms with Crippen molar-refractivity contribution in [1.82, 2.24) is 4.90 Å². The Morgan fingerprint density at radius 2 is 1.78 bits per heavy atom. The van der Waals surface area contributed by atoms with Gasteiger partial charge in [-0.3, -0.25) is 9.69 Å². The zero-order valence-corrected chi connectivity index (χ0v) is 19.5. The van der Waals surface area contributed by atoms with Crippen molar-refractivity contribution < 1.29 is 14.4 Å². The molecule has 0 aliphatic carbocycles. The number of ether oxygens (including phenoxy) is 1. The van der Waals surface area contributed by atoms with Crippen molar-refractivity contribution in [1.29, 1.82) is 0 Å². The van der Waals surface area contributed by atoms with E-state index in [1.54, 1.807) is 12.0 Å². The number of rotatable bonds is 11. The van der Waals surface area contributed by atoms with Gasteiger partial charge in [0.15, 0.2) is 0 Å². The van der Waals surface area contributed by atoms with Crippen molar-refractivity contribution in [3.63, 3.8) is 0 Å². The van der Waals surface area contributed by atoms with Crippen LogP contribution >= 0.6 is 0 Å². The molecule has 1 aliphatic rings. The molecule has 32 heavy (non-hydrogen) atoms. The number of nitrogens with zero attached hydrogens (tertiary/aromatic N) is 3. The summed E-state index contributed by atoms with van der Waals surface area (Å²) in [6, 6.07) is 17.4. The average Bonchev–Trinajstić information content (AvgIpc) is 2.83. The molecule has 0 saturated carbocycles. The van der Waals surface area contributed by atoms with E-state index in [9.17, 15) is 4.79 Å². The van der Waals surface area contributed by atoms with Crippen molar-refractivity contribution in [2.45, 2.75) is 33.2 Å². The Balaban J connectivity index is 1.72. The predicted molar refractivity (Wildman–Crippen MR) is 129 cm³/mol. The molecule has 2 aromatic carbocycles. The van der Waals surface area contributed by atoms with Gasteiger partial charge in [-0.15, -0.1) is 0 Å². The summed E-state index contributed by atoms with van der Waals surface area (Å²) in [6.45, 7) is 9.82. The highest BCUT2D eigenvalue weighted by Gasteiger charge is 2.43. The fourth-order valence-electron chi connectivity index (χ4n) is 3.85. The van der Waals surface area contributed by atoms with E-state index in [4.69, 9.17) is 9.57 Å². The number of carbonyl (C=O) groups is 1. The molecule has 1 aliphatic heterocycles. The lowest BCUT2D eigenvalue weighted by Crippen LogP contribution is -2.49. The zero-order valence-electron chi connectivity index (χ0n) is 19.5. The Morgan fingerprint density at radius 3 is 2.41 bits per heavy atom. The van der Waals surface area contributed by atoms with Gasteiger partial charge in [-0.25, -0.2) is 0 Å². The van der Waals surface area contributed by atoms with E-state index in [2.05, 4.69) is 23.9 Å². The third-order valence-electron chi connectivity index (χ3n) is 5.66. The Bertz CT molecular complexity index is 935. The highest BCUT2D eigenvalue weighted by atomic mass is 16.6. The zero-order chi connectivity index (χ0) is 22.9. The van der Waals surface area contributed by atoms with Crippen LogP contribution in [0.2, 0.25) is 0 Å². The largest absolute Gasteiger partial charge is 0.497 e. The Kier molecular flexibility index (Phi) is 8.45. The van der Waals surface area contributed by atoms with Gasteiger partial charge in [0.1, 0.15) is 12.4 Å². The van der Waals surface area contributed by atoms with E-state index in [1.165, 1.54) is 0 Å². The SMILES string of the molecule is CCN(CC)CCCO/N=C(C)/C=C1/C(=O)N(c2ccc(OC)cc2)C1c1ccccc1. The van der Waals surface area contributed by atoms with Crippen LogP contribution in [-0.2, 0) is 9.63 Å². The molecular weight excluding hydrogens is 402 g/mol. The molecule has 0 radical (unpaired) electrons. The van der Waals surface area contributed by atoms with Crippen molar-refractivity contribution in [2.24, 2.45) is 5.16 Å². The van der Waals surface area contributed by atoms with Crippen LogP contribution in [0.25, 0.3) is 0 Å². The third kappa shape index (κ3) is 5.56. The molecule has 170 valence electrons. The molecule has 2 aromatic rings. The molecule has 1 amide bonds. The highest BCUT2D eigenvalue weighted by Crippen LogP contribution is 2.43. The van der Waals surface area contributed by atoms with Crippen LogP contribution in [0.4, 0.5) is 5.69 Å². The lowest BCUT2D eigenvalue weighted by atomic mass is 9.86. The molecule has 1 fully saturated rings. The van der Waals surface area contributed by atoms with Gasteiger partial charge in [0.2, 0.25) is 0 Å². The molecule has 0 bridgehead atoms. The van der Waals surface area contributed by atoms with Crippen molar-refractivity contribution in [3.05, 3.63) is 71.8 Å². The monoisotopic (exact) mass is 435 g/mol. The molecule has 6 heteroatoms. The maximum absolute atomic E-state index is 13.1. The van der Waals surface area contributed by atoms with E-state index in [-0.39, 0.29) is 11.9 Å². The Morgan fingerprint density at radius 1 is 1.09 bits per heavy atom. The van der Waals surface area contributed by atoms with Crippen LogP contribution in [0.3, 0.4) is 0 Å². The second kappa shape index (κ2) is 11.5. The summed E-state index contributed by atoms with van der Waals surface area (Å²) in [4.78, 5) is 22.7. The van der Waals surface area contributed by atoms with E-state index < -0.39 is 0 Å². The summed E-state index contributed by atoms with van der Waals surface area (Å²) in [5.41, 5.74) is 3.29. The third-order valence-corrected chi connectivity index (χ3v) is 5.66. The minimum Gasteiger partial charge on any atom is -0.497 e. The van der Waals surface area contributed by atoms with E-state index in [0.717, 1.165) is 43.1 Å². The second-order valence-electron chi connectivity index (χ2n) is 7.73. The molecule has 1 unspecified atom stereocenters. The highest BCUT2D eigenvalue weighted by molar-refractivity contribution is 6.18. The van der Waals surface area contributed by atoms with Crippen LogP contribution < -0.4 is 9.64 Å². The minimum absolute atomic E-state index is 0.0277. The molecule has 0 aromatic heterocycles.